The highest BCUT2D eigenvalue weighted by molar-refractivity contribution is 4.52. The van der Waals surface area contributed by atoms with Crippen molar-refractivity contribution in [1.82, 2.24) is 0 Å². The van der Waals surface area contributed by atoms with E-state index in [9.17, 15) is 4.39 Å². The lowest BCUT2D eigenvalue weighted by Gasteiger charge is -2.04. The highest BCUT2D eigenvalue weighted by Crippen LogP contribution is 2.08. The molecule has 1 radical (unpaired) electrons. The van der Waals surface area contributed by atoms with Crippen molar-refractivity contribution in [1.29, 1.82) is 0 Å². The Hall–Kier alpha value is -0.0700. The van der Waals surface area contributed by atoms with E-state index >= 15 is 0 Å². The predicted octanol–water partition coefficient (Wildman–Crippen LogP) is 2.60. The summed E-state index contributed by atoms with van der Waals surface area (Å²) in [6, 6.07) is 0. The minimum Gasteiger partial charge on any atom is -0.251 e. The van der Waals surface area contributed by atoms with E-state index in [0.717, 1.165) is 12.8 Å². The molecule has 0 spiro atoms. The molecule has 0 bridgehead atoms. The fourth-order valence-electron chi connectivity index (χ4n) is 0.679. The van der Waals surface area contributed by atoms with Crippen LogP contribution in [0.25, 0.3) is 0 Å². The fourth-order valence-corrected chi connectivity index (χ4v) is 0.679. The van der Waals surface area contributed by atoms with Crippen molar-refractivity contribution in [3.8, 4) is 0 Å². The monoisotopic (exact) mass is 117 g/mol. The summed E-state index contributed by atoms with van der Waals surface area (Å²) in [4.78, 5) is 0. The maximum Gasteiger partial charge on any atom is 0.0897 e. The van der Waals surface area contributed by atoms with Gasteiger partial charge in [-0.3, -0.25) is 4.39 Å². The second-order valence-electron chi connectivity index (χ2n) is 2.23. The van der Waals surface area contributed by atoms with Crippen LogP contribution in [0.2, 0.25) is 0 Å². The zero-order valence-corrected chi connectivity index (χ0v) is 5.49. The van der Waals surface area contributed by atoms with Gasteiger partial charge >= 0.3 is 0 Å². The lowest BCUT2D eigenvalue weighted by molar-refractivity contribution is 0.391. The molecule has 0 N–H and O–H groups in total. The van der Waals surface area contributed by atoms with Gasteiger partial charge in [-0.1, -0.05) is 26.7 Å². The molecule has 0 aliphatic heterocycles. The summed E-state index contributed by atoms with van der Waals surface area (Å²) in [7, 11) is 0. The van der Waals surface area contributed by atoms with Crippen LogP contribution >= 0.6 is 0 Å². The molecule has 0 aliphatic carbocycles. The summed E-state index contributed by atoms with van der Waals surface area (Å²) in [6.07, 6.45) is 2.70. The Morgan fingerprint density at radius 1 is 1.50 bits per heavy atom. The van der Waals surface area contributed by atoms with E-state index in [2.05, 4.69) is 13.8 Å². The van der Waals surface area contributed by atoms with E-state index in [4.69, 9.17) is 0 Å². The van der Waals surface area contributed by atoms with Gasteiger partial charge in [0.05, 0.1) is 6.67 Å². The normalized spacial score (nSPS) is 13.9. The van der Waals surface area contributed by atoms with Crippen LogP contribution in [0.1, 0.15) is 26.2 Å². The molecule has 0 aromatic carbocycles. The van der Waals surface area contributed by atoms with Gasteiger partial charge in [0.15, 0.2) is 0 Å². The van der Waals surface area contributed by atoms with Crippen LogP contribution < -0.4 is 0 Å². The summed E-state index contributed by atoms with van der Waals surface area (Å²) in [5.74, 6) is 0.525. The van der Waals surface area contributed by atoms with E-state index in [-0.39, 0.29) is 6.67 Å². The summed E-state index contributed by atoms with van der Waals surface area (Å²) >= 11 is 0. The van der Waals surface area contributed by atoms with Gasteiger partial charge in [-0.25, -0.2) is 0 Å². The molecule has 0 nitrogen and oxygen atoms in total. The first kappa shape index (κ1) is 7.93. The molecule has 0 fully saturated rings. The van der Waals surface area contributed by atoms with Crippen molar-refractivity contribution in [2.45, 2.75) is 26.2 Å². The van der Waals surface area contributed by atoms with E-state index in [1.54, 1.807) is 0 Å². The average Bonchev–Trinajstić information content (AvgIpc) is 1.68. The third kappa shape index (κ3) is 4.10. The molecule has 1 heteroatoms. The van der Waals surface area contributed by atoms with E-state index in [0.29, 0.717) is 12.3 Å². The minimum absolute atomic E-state index is 0.179. The minimum atomic E-state index is -0.179. The van der Waals surface area contributed by atoms with Gasteiger partial charge in [0.1, 0.15) is 0 Å². The molecule has 0 saturated heterocycles. The van der Waals surface area contributed by atoms with Crippen LogP contribution in [0.15, 0.2) is 0 Å². The SMILES string of the molecule is [CH2]CCC(C)CCF. The molecule has 0 rings (SSSR count). The number of alkyl halides is 1. The number of hydrogen-bond donors (Lipinski definition) is 0. The number of halogens is 1. The molecular formula is C7H14F. The Morgan fingerprint density at radius 3 is 2.50 bits per heavy atom. The highest BCUT2D eigenvalue weighted by atomic mass is 19.1. The second-order valence-corrected chi connectivity index (χ2v) is 2.23. The Labute approximate surface area is 51.1 Å². The highest BCUT2D eigenvalue weighted by Gasteiger charge is 1.97. The average molecular weight is 117 g/mol. The van der Waals surface area contributed by atoms with Crippen LogP contribution in [0.3, 0.4) is 0 Å². The largest absolute Gasteiger partial charge is 0.251 e. The fraction of sp³-hybridized carbons (Fsp3) is 0.857. The molecule has 0 aromatic heterocycles. The Kier molecular flexibility index (Phi) is 5.03. The smallest absolute Gasteiger partial charge is 0.0897 e. The summed E-state index contributed by atoms with van der Waals surface area (Å²) < 4.78 is 11.5. The van der Waals surface area contributed by atoms with Crippen molar-refractivity contribution in [2.24, 2.45) is 5.92 Å². The molecule has 8 heavy (non-hydrogen) atoms. The zero-order valence-electron chi connectivity index (χ0n) is 5.49. The summed E-state index contributed by atoms with van der Waals surface area (Å²) in [5, 5.41) is 0. The lowest BCUT2D eigenvalue weighted by atomic mass is 10.0. The van der Waals surface area contributed by atoms with Crippen LogP contribution in [0.5, 0.6) is 0 Å². The molecule has 49 valence electrons. The Balaban J connectivity index is 2.92. The summed E-state index contributed by atoms with van der Waals surface area (Å²) in [6.45, 7) is 5.57. The van der Waals surface area contributed by atoms with Gasteiger partial charge < -0.3 is 0 Å². The first-order valence-corrected chi connectivity index (χ1v) is 3.16. The van der Waals surface area contributed by atoms with Gasteiger partial charge in [-0.15, -0.1) is 0 Å². The van der Waals surface area contributed by atoms with Crippen molar-refractivity contribution in [3.63, 3.8) is 0 Å². The van der Waals surface area contributed by atoms with Crippen LogP contribution in [0, 0.1) is 12.8 Å². The molecule has 1 atom stereocenters. The predicted molar refractivity (Wildman–Crippen MR) is 34.3 cm³/mol. The molecule has 0 amide bonds. The Morgan fingerprint density at radius 2 is 2.12 bits per heavy atom. The lowest BCUT2D eigenvalue weighted by Crippen LogP contribution is -1.93. The standard InChI is InChI=1S/C7H14F/c1-3-4-7(2)5-6-8/h7H,1,3-6H2,2H3. The number of rotatable bonds is 4. The van der Waals surface area contributed by atoms with E-state index in [1.165, 1.54) is 0 Å². The van der Waals surface area contributed by atoms with Gasteiger partial charge in [0.2, 0.25) is 0 Å². The van der Waals surface area contributed by atoms with Crippen LogP contribution in [0.4, 0.5) is 4.39 Å². The second kappa shape index (κ2) is 5.07. The van der Waals surface area contributed by atoms with Crippen LogP contribution in [-0.4, -0.2) is 6.67 Å². The van der Waals surface area contributed by atoms with Gasteiger partial charge in [-0.05, 0) is 12.3 Å². The van der Waals surface area contributed by atoms with E-state index < -0.39 is 0 Å². The molecule has 0 heterocycles. The summed E-state index contributed by atoms with van der Waals surface area (Å²) in [5.41, 5.74) is 0. The third-order valence-corrected chi connectivity index (χ3v) is 1.30. The molecule has 0 saturated carbocycles. The van der Waals surface area contributed by atoms with Crippen molar-refractivity contribution in [2.75, 3.05) is 6.67 Å². The quantitative estimate of drug-likeness (QED) is 0.531. The van der Waals surface area contributed by atoms with Gasteiger partial charge in [-0.2, -0.15) is 0 Å². The number of hydrogen-bond acceptors (Lipinski definition) is 0. The molecular weight excluding hydrogens is 103 g/mol. The zero-order chi connectivity index (χ0) is 6.41. The van der Waals surface area contributed by atoms with Crippen LogP contribution in [-0.2, 0) is 0 Å². The van der Waals surface area contributed by atoms with Crippen molar-refractivity contribution in [3.05, 3.63) is 6.92 Å². The third-order valence-electron chi connectivity index (χ3n) is 1.30. The molecule has 0 aromatic rings. The van der Waals surface area contributed by atoms with E-state index in [1.807, 2.05) is 0 Å². The maximum absolute atomic E-state index is 11.5. The first-order valence-electron chi connectivity index (χ1n) is 3.16. The van der Waals surface area contributed by atoms with Crippen molar-refractivity contribution >= 4 is 0 Å². The van der Waals surface area contributed by atoms with Gasteiger partial charge in [0.25, 0.3) is 0 Å². The molecule has 0 aliphatic rings. The molecule has 1 unspecified atom stereocenters. The Bertz CT molecular complexity index is 37.7. The topological polar surface area (TPSA) is 0 Å². The maximum atomic E-state index is 11.5. The van der Waals surface area contributed by atoms with Gasteiger partial charge in [0, 0.05) is 0 Å². The first-order chi connectivity index (χ1) is 3.81. The van der Waals surface area contributed by atoms with Crippen molar-refractivity contribution < 1.29 is 4.39 Å².